The Bertz CT molecular complexity index is 1020. The Balaban J connectivity index is 1.60. The van der Waals surface area contributed by atoms with Crippen molar-refractivity contribution in [1.29, 1.82) is 0 Å². The van der Waals surface area contributed by atoms with Crippen LogP contribution < -0.4 is 5.32 Å². The number of aromatic nitrogens is 4. The number of phenolic OH excluding ortho intramolecular Hbond substituents is 3. The van der Waals surface area contributed by atoms with Gasteiger partial charge in [-0.2, -0.15) is 0 Å². The average molecular weight is 405 g/mol. The number of ether oxygens (including phenoxy) is 1. The van der Waals surface area contributed by atoms with Crippen molar-refractivity contribution >= 4 is 17.0 Å². The molecule has 0 bridgehead atoms. The zero-order valence-corrected chi connectivity index (χ0v) is 14.9. The number of anilines is 1. The molecule has 1 aromatic carbocycles. The van der Waals surface area contributed by atoms with Crippen LogP contribution in [0.1, 0.15) is 11.8 Å². The number of aliphatic hydroxyl groups is 3. The lowest BCUT2D eigenvalue weighted by atomic mass is 10.1. The Morgan fingerprint density at radius 2 is 1.76 bits per heavy atom. The van der Waals surface area contributed by atoms with E-state index >= 15 is 0 Å². The molecule has 0 amide bonds. The summed E-state index contributed by atoms with van der Waals surface area (Å²) in [6.45, 7) is -0.302. The van der Waals surface area contributed by atoms with E-state index in [1.807, 2.05) is 0 Å². The molecular formula is C17H19N5O7. The van der Waals surface area contributed by atoms with E-state index in [0.717, 1.165) is 0 Å². The van der Waals surface area contributed by atoms with Crippen molar-refractivity contribution in [2.75, 3.05) is 11.9 Å². The smallest absolute Gasteiger partial charge is 0.200 e. The first-order chi connectivity index (χ1) is 13.9. The van der Waals surface area contributed by atoms with Crippen LogP contribution in [0.5, 0.6) is 17.2 Å². The van der Waals surface area contributed by atoms with Crippen LogP contribution in [0.25, 0.3) is 11.2 Å². The highest BCUT2D eigenvalue weighted by atomic mass is 16.6. The van der Waals surface area contributed by atoms with Crippen LogP contribution >= 0.6 is 0 Å². The van der Waals surface area contributed by atoms with Gasteiger partial charge in [-0.3, -0.25) is 4.57 Å². The van der Waals surface area contributed by atoms with Gasteiger partial charge in [0.1, 0.15) is 24.6 Å². The quantitative estimate of drug-likeness (QED) is 0.263. The highest BCUT2D eigenvalue weighted by Crippen LogP contribution is 2.36. The third-order valence-corrected chi connectivity index (χ3v) is 4.74. The summed E-state index contributed by atoms with van der Waals surface area (Å²) in [5, 5.41) is 61.1. The number of rotatable bonds is 5. The molecule has 29 heavy (non-hydrogen) atoms. The van der Waals surface area contributed by atoms with Crippen LogP contribution in [-0.2, 0) is 11.3 Å². The van der Waals surface area contributed by atoms with Crippen molar-refractivity contribution < 1.29 is 35.4 Å². The van der Waals surface area contributed by atoms with Crippen LogP contribution in [0, 0.1) is 0 Å². The third-order valence-electron chi connectivity index (χ3n) is 4.74. The number of phenols is 3. The maximum Gasteiger partial charge on any atom is 0.200 e. The van der Waals surface area contributed by atoms with Gasteiger partial charge in [0.15, 0.2) is 40.5 Å². The summed E-state index contributed by atoms with van der Waals surface area (Å²) in [6.07, 6.45) is -1.79. The predicted octanol–water partition coefficient (Wildman–Crippen LogP) is -0.833. The Morgan fingerprint density at radius 3 is 2.41 bits per heavy atom. The molecule has 154 valence electrons. The Labute approximate surface area is 163 Å². The maximum atomic E-state index is 10.2. The van der Waals surface area contributed by atoms with E-state index in [0.29, 0.717) is 22.5 Å². The zero-order valence-electron chi connectivity index (χ0n) is 14.9. The minimum Gasteiger partial charge on any atom is -0.504 e. The summed E-state index contributed by atoms with van der Waals surface area (Å²) >= 11 is 0. The number of nitrogens with zero attached hydrogens (tertiary/aromatic N) is 4. The molecule has 1 saturated heterocycles. The SMILES string of the molecule is OC[C@H]1OC(n2cnc3c(NCc4cc(O)c(O)c(O)c4)ncnc32)[C@H](O)[C@@H]1O. The molecule has 1 aliphatic rings. The van der Waals surface area contributed by atoms with Crippen LogP contribution in [0.3, 0.4) is 0 Å². The second kappa shape index (κ2) is 7.33. The maximum absolute atomic E-state index is 10.2. The summed E-state index contributed by atoms with van der Waals surface area (Å²) in [5.41, 5.74) is 1.17. The van der Waals surface area contributed by atoms with E-state index in [4.69, 9.17) is 4.74 Å². The van der Waals surface area contributed by atoms with Crippen molar-refractivity contribution in [3.8, 4) is 17.2 Å². The molecule has 12 heteroatoms. The highest BCUT2D eigenvalue weighted by Gasteiger charge is 2.44. The van der Waals surface area contributed by atoms with E-state index in [2.05, 4.69) is 20.3 Å². The van der Waals surface area contributed by atoms with Gasteiger partial charge in [-0.1, -0.05) is 0 Å². The second-order valence-corrected chi connectivity index (χ2v) is 6.61. The molecule has 0 spiro atoms. The molecule has 1 aliphatic heterocycles. The third kappa shape index (κ3) is 3.27. The standard InChI is InChI=1S/C17H19N5O7/c23-4-10-13(27)14(28)17(29-10)22-6-21-11-15(19-5-20-16(11)22)18-3-7-1-8(24)12(26)9(25)2-7/h1-2,5-6,10,13-14,17,23-28H,3-4H2,(H,18,19,20)/t10-,13-,14-,17?/m1/s1. The number of hydrogen-bond donors (Lipinski definition) is 7. The molecule has 0 radical (unpaired) electrons. The lowest BCUT2D eigenvalue weighted by Crippen LogP contribution is -2.33. The summed E-state index contributed by atoms with van der Waals surface area (Å²) < 4.78 is 6.94. The lowest BCUT2D eigenvalue weighted by Gasteiger charge is -2.16. The first-order valence-electron chi connectivity index (χ1n) is 8.68. The molecule has 1 fully saturated rings. The van der Waals surface area contributed by atoms with Crippen LogP contribution in [0.15, 0.2) is 24.8 Å². The summed E-state index contributed by atoms with van der Waals surface area (Å²) in [6, 6.07) is 2.58. The van der Waals surface area contributed by atoms with Gasteiger partial charge in [0.25, 0.3) is 0 Å². The summed E-state index contributed by atoms with van der Waals surface area (Å²) in [4.78, 5) is 12.5. The van der Waals surface area contributed by atoms with Crippen molar-refractivity contribution in [2.24, 2.45) is 0 Å². The van der Waals surface area contributed by atoms with E-state index in [9.17, 15) is 30.6 Å². The first-order valence-corrected chi connectivity index (χ1v) is 8.68. The number of hydrogen-bond acceptors (Lipinski definition) is 11. The monoisotopic (exact) mass is 405 g/mol. The van der Waals surface area contributed by atoms with Crippen molar-refractivity contribution in [1.82, 2.24) is 19.5 Å². The van der Waals surface area contributed by atoms with Gasteiger partial charge in [-0.15, -0.1) is 0 Å². The first kappa shape index (κ1) is 19.1. The summed E-state index contributed by atoms with van der Waals surface area (Å²) in [7, 11) is 0. The fourth-order valence-corrected chi connectivity index (χ4v) is 3.23. The molecule has 4 atom stereocenters. The van der Waals surface area contributed by atoms with Crippen LogP contribution in [0.2, 0.25) is 0 Å². The number of aromatic hydroxyl groups is 3. The van der Waals surface area contributed by atoms with E-state index in [-0.39, 0.29) is 6.54 Å². The molecule has 4 rings (SSSR count). The van der Waals surface area contributed by atoms with Crippen molar-refractivity contribution in [3.63, 3.8) is 0 Å². The number of nitrogens with one attached hydrogen (secondary N) is 1. The Kier molecular flexibility index (Phi) is 4.84. The number of benzene rings is 1. The topological polar surface area (TPSA) is 186 Å². The molecule has 2 aromatic heterocycles. The number of fused-ring (bicyclic) bond motifs is 1. The Hall–Kier alpha value is -3.19. The van der Waals surface area contributed by atoms with Crippen LogP contribution in [0.4, 0.5) is 5.82 Å². The number of imidazole rings is 1. The molecule has 12 nitrogen and oxygen atoms in total. The minimum atomic E-state index is -1.28. The van der Waals surface area contributed by atoms with E-state index < -0.39 is 48.4 Å². The normalized spacial score (nSPS) is 24.2. The van der Waals surface area contributed by atoms with Gasteiger partial charge < -0.3 is 40.7 Å². The van der Waals surface area contributed by atoms with Gasteiger partial charge >= 0.3 is 0 Å². The fraction of sp³-hybridized carbons (Fsp3) is 0.353. The average Bonchev–Trinajstić information content (AvgIpc) is 3.26. The summed E-state index contributed by atoms with van der Waals surface area (Å²) in [5.74, 6) is -1.17. The van der Waals surface area contributed by atoms with Crippen LogP contribution in [-0.4, -0.2) is 75.1 Å². The molecule has 3 aromatic rings. The molecule has 0 aliphatic carbocycles. The van der Waals surface area contributed by atoms with Crippen molar-refractivity contribution in [2.45, 2.75) is 31.1 Å². The Morgan fingerprint density at radius 1 is 1.03 bits per heavy atom. The minimum absolute atomic E-state index is 0.147. The molecule has 3 heterocycles. The van der Waals surface area contributed by atoms with Gasteiger partial charge in [0.2, 0.25) is 0 Å². The molecular weight excluding hydrogens is 386 g/mol. The largest absolute Gasteiger partial charge is 0.504 e. The highest BCUT2D eigenvalue weighted by molar-refractivity contribution is 5.82. The molecule has 7 N–H and O–H groups in total. The van der Waals surface area contributed by atoms with Gasteiger partial charge in [-0.05, 0) is 17.7 Å². The van der Waals surface area contributed by atoms with Gasteiger partial charge in [0.05, 0.1) is 12.9 Å². The molecule has 1 unspecified atom stereocenters. The van der Waals surface area contributed by atoms with E-state index in [1.54, 1.807) is 0 Å². The van der Waals surface area contributed by atoms with E-state index in [1.165, 1.54) is 29.4 Å². The van der Waals surface area contributed by atoms with Crippen molar-refractivity contribution in [3.05, 3.63) is 30.4 Å². The van der Waals surface area contributed by atoms with Gasteiger partial charge in [0, 0.05) is 6.54 Å². The number of aliphatic hydroxyl groups excluding tert-OH is 3. The van der Waals surface area contributed by atoms with Gasteiger partial charge in [-0.25, -0.2) is 15.0 Å². The predicted molar refractivity (Wildman–Crippen MR) is 97.1 cm³/mol. The second-order valence-electron chi connectivity index (χ2n) is 6.61. The zero-order chi connectivity index (χ0) is 20.7. The fourth-order valence-electron chi connectivity index (χ4n) is 3.23. The lowest BCUT2D eigenvalue weighted by molar-refractivity contribution is -0.0511. The molecule has 0 saturated carbocycles.